The highest BCUT2D eigenvalue weighted by Gasteiger charge is 2.35. The van der Waals surface area contributed by atoms with Crippen LogP contribution in [-0.2, 0) is 20.1 Å². The van der Waals surface area contributed by atoms with Crippen LogP contribution in [0.15, 0.2) is 48.8 Å². The number of anilines is 1. The topological polar surface area (TPSA) is 111 Å². The Morgan fingerprint density at radius 3 is 2.62 bits per heavy atom. The predicted octanol–water partition coefficient (Wildman–Crippen LogP) is 4.55. The van der Waals surface area contributed by atoms with Crippen LogP contribution >= 0.6 is 0 Å². The van der Waals surface area contributed by atoms with Gasteiger partial charge in [0.1, 0.15) is 18.0 Å². The number of carbonyl (C=O) groups is 1. The largest absolute Gasteiger partial charge is 0.391 e. The number of fused-ring (bicyclic) bond motifs is 1. The molecule has 2 fully saturated rings. The molecule has 1 aliphatic carbocycles. The zero-order valence-electron chi connectivity index (χ0n) is 23.5. The lowest BCUT2D eigenvalue weighted by molar-refractivity contribution is 0.0995. The van der Waals surface area contributed by atoms with Gasteiger partial charge in [0.15, 0.2) is 5.82 Å². The molecule has 212 valence electrons. The van der Waals surface area contributed by atoms with Gasteiger partial charge in [0.05, 0.1) is 24.3 Å². The Bertz CT molecular complexity index is 1770. The Kier molecular flexibility index (Phi) is 6.37. The van der Waals surface area contributed by atoms with Crippen LogP contribution in [0.5, 0.6) is 0 Å². The highest BCUT2D eigenvalue weighted by Crippen LogP contribution is 2.43. The summed E-state index contributed by atoms with van der Waals surface area (Å²) in [6, 6.07) is 14.8. The molecule has 4 heterocycles. The normalized spacial score (nSPS) is 20.3. The van der Waals surface area contributed by atoms with Crippen molar-refractivity contribution < 1.29 is 14.3 Å². The second kappa shape index (κ2) is 10.1. The second-order valence-electron chi connectivity index (χ2n) is 11.6. The first-order valence-electron chi connectivity index (χ1n) is 14.3. The maximum Gasteiger partial charge on any atom is 0.260 e. The van der Waals surface area contributed by atoms with E-state index >= 15 is 4.39 Å². The lowest BCUT2D eigenvalue weighted by Gasteiger charge is -2.22. The van der Waals surface area contributed by atoms with Gasteiger partial charge in [-0.3, -0.25) is 14.6 Å². The zero-order chi connectivity index (χ0) is 29.1. The number of hydrogen-bond donors (Lipinski definition) is 1. The van der Waals surface area contributed by atoms with Crippen LogP contribution in [0.4, 0.5) is 10.2 Å². The number of halogens is 1. The van der Waals surface area contributed by atoms with Crippen molar-refractivity contribution in [2.75, 3.05) is 11.4 Å². The van der Waals surface area contributed by atoms with Gasteiger partial charge in [-0.25, -0.2) is 9.37 Å². The third kappa shape index (κ3) is 4.55. The Morgan fingerprint density at radius 2 is 1.93 bits per heavy atom. The molecular weight excluding hydrogens is 533 g/mol. The molecule has 1 amide bonds. The molecule has 2 aliphatic heterocycles. The lowest BCUT2D eigenvalue weighted by atomic mass is 9.96. The van der Waals surface area contributed by atoms with Crippen molar-refractivity contribution in [3.8, 4) is 28.6 Å². The monoisotopic (exact) mass is 563 g/mol. The molecule has 9 nitrogen and oxygen atoms in total. The summed E-state index contributed by atoms with van der Waals surface area (Å²) in [6.07, 6.45) is 3.95. The van der Waals surface area contributed by atoms with Crippen LogP contribution in [-0.4, -0.2) is 54.4 Å². The number of benzene rings is 2. The first-order chi connectivity index (χ1) is 20.3. The molecule has 1 saturated heterocycles. The first-order valence-corrected chi connectivity index (χ1v) is 14.3. The number of nitrogens with zero attached hydrogens (tertiary/aromatic N) is 7. The molecule has 2 atom stereocenters. The molecule has 2 aromatic carbocycles. The molecular formula is C32H30FN7O2. The van der Waals surface area contributed by atoms with Crippen molar-refractivity contribution in [2.24, 2.45) is 7.05 Å². The van der Waals surface area contributed by atoms with E-state index < -0.39 is 11.9 Å². The second-order valence-corrected chi connectivity index (χ2v) is 11.6. The maximum absolute atomic E-state index is 15.4. The average Bonchev–Trinajstić information content (AvgIpc) is 3.58. The fraction of sp³-hybridized carbons (Fsp3) is 0.344. The van der Waals surface area contributed by atoms with Crippen LogP contribution in [0.1, 0.15) is 64.8 Å². The summed E-state index contributed by atoms with van der Waals surface area (Å²) in [5.74, 6) is 0.719. The van der Waals surface area contributed by atoms with Crippen LogP contribution in [0.2, 0.25) is 0 Å². The number of aryl methyl sites for hydroxylation is 1. The fourth-order valence-corrected chi connectivity index (χ4v) is 6.14. The quantitative estimate of drug-likeness (QED) is 0.366. The number of aliphatic hydroxyl groups excluding tert-OH is 1. The molecule has 3 aliphatic rings. The molecule has 0 bridgehead atoms. The SMILES string of the molecule is C[C@@H]1[C@@H](O)CCN1Cc1cc(F)c2c(c1)C(=O)N(c1cc(-c3ccc(C#N)cc3-c3nncn3C)cc(C3CC3)n1)C2. The standard InChI is InChI=1S/C32H30FN7O2/c1-18-29(41)7-8-39(18)15-20-10-25-26(27(33)11-20)16-40(32(25)42)30-13-22(12-28(36-30)21-4-5-21)23-6-3-19(14-34)9-24(23)31-37-35-17-38(31)2/h3,6,9-13,17-18,21,29,41H,4-5,7-8,15-16H2,1-2H3/t18-,29+/m1/s1. The van der Waals surface area contributed by atoms with E-state index in [1.54, 1.807) is 34.0 Å². The summed E-state index contributed by atoms with van der Waals surface area (Å²) < 4.78 is 17.2. The number of pyridine rings is 1. The highest BCUT2D eigenvalue weighted by atomic mass is 19.1. The summed E-state index contributed by atoms with van der Waals surface area (Å²) in [4.78, 5) is 22.4. The van der Waals surface area contributed by atoms with Gasteiger partial charge >= 0.3 is 0 Å². The molecule has 0 radical (unpaired) electrons. The van der Waals surface area contributed by atoms with Crippen molar-refractivity contribution in [3.63, 3.8) is 0 Å². The number of nitriles is 1. The van der Waals surface area contributed by atoms with Gasteiger partial charge in [-0.15, -0.1) is 10.2 Å². The smallest absolute Gasteiger partial charge is 0.260 e. The van der Waals surface area contributed by atoms with E-state index in [4.69, 9.17) is 4.98 Å². The minimum atomic E-state index is -0.402. The molecule has 4 aromatic rings. The predicted molar refractivity (Wildman–Crippen MR) is 154 cm³/mol. The molecule has 7 rings (SSSR count). The molecule has 1 N–H and O–H groups in total. The number of aromatic nitrogens is 4. The summed E-state index contributed by atoms with van der Waals surface area (Å²) >= 11 is 0. The van der Waals surface area contributed by atoms with E-state index in [-0.39, 0.29) is 18.5 Å². The van der Waals surface area contributed by atoms with Crippen LogP contribution < -0.4 is 4.90 Å². The molecule has 0 spiro atoms. The van der Waals surface area contributed by atoms with Crippen molar-refractivity contribution in [2.45, 2.75) is 57.3 Å². The minimum Gasteiger partial charge on any atom is -0.391 e. The number of aliphatic hydroxyl groups is 1. The van der Waals surface area contributed by atoms with Gasteiger partial charge in [0.2, 0.25) is 0 Å². The Labute approximate surface area is 242 Å². The van der Waals surface area contributed by atoms with Gasteiger partial charge in [-0.05, 0) is 79.3 Å². The first kappa shape index (κ1) is 26.4. The van der Waals surface area contributed by atoms with Gasteiger partial charge in [0.25, 0.3) is 5.91 Å². The lowest BCUT2D eigenvalue weighted by Crippen LogP contribution is -2.31. The fourth-order valence-electron chi connectivity index (χ4n) is 6.14. The van der Waals surface area contributed by atoms with Crippen molar-refractivity contribution in [1.29, 1.82) is 5.26 Å². The van der Waals surface area contributed by atoms with Crippen LogP contribution in [0, 0.1) is 17.1 Å². The summed E-state index contributed by atoms with van der Waals surface area (Å²) in [5.41, 5.74) is 5.28. The van der Waals surface area contributed by atoms with Crippen molar-refractivity contribution >= 4 is 11.7 Å². The minimum absolute atomic E-state index is 0.0186. The molecule has 2 aromatic heterocycles. The van der Waals surface area contributed by atoms with Crippen molar-refractivity contribution in [3.05, 3.63) is 82.6 Å². The maximum atomic E-state index is 15.4. The van der Waals surface area contributed by atoms with E-state index in [2.05, 4.69) is 21.2 Å². The summed E-state index contributed by atoms with van der Waals surface area (Å²) in [6.45, 7) is 3.27. The van der Waals surface area contributed by atoms with E-state index in [0.29, 0.717) is 52.8 Å². The molecule has 0 unspecified atom stereocenters. The van der Waals surface area contributed by atoms with E-state index in [0.717, 1.165) is 41.8 Å². The Morgan fingerprint density at radius 1 is 1.10 bits per heavy atom. The van der Waals surface area contributed by atoms with Crippen LogP contribution in [0.3, 0.4) is 0 Å². The van der Waals surface area contributed by atoms with E-state index in [1.165, 1.54) is 6.07 Å². The summed E-state index contributed by atoms with van der Waals surface area (Å²) in [5, 5.41) is 28.0. The van der Waals surface area contributed by atoms with E-state index in [9.17, 15) is 15.2 Å². The number of amides is 1. The van der Waals surface area contributed by atoms with Gasteiger partial charge in [0, 0.05) is 54.5 Å². The number of hydrogen-bond acceptors (Lipinski definition) is 7. The van der Waals surface area contributed by atoms with Gasteiger partial charge in [-0.1, -0.05) is 6.07 Å². The highest BCUT2D eigenvalue weighted by molar-refractivity contribution is 6.10. The molecule has 10 heteroatoms. The van der Waals surface area contributed by atoms with Crippen LogP contribution in [0.25, 0.3) is 22.5 Å². The van der Waals surface area contributed by atoms with Crippen molar-refractivity contribution in [1.82, 2.24) is 24.6 Å². The zero-order valence-corrected chi connectivity index (χ0v) is 23.5. The number of carbonyl (C=O) groups excluding carboxylic acids is 1. The van der Waals surface area contributed by atoms with Gasteiger partial charge in [-0.2, -0.15) is 5.26 Å². The summed E-state index contributed by atoms with van der Waals surface area (Å²) in [7, 11) is 1.85. The average molecular weight is 564 g/mol. The third-order valence-corrected chi connectivity index (χ3v) is 8.79. The Hall–Kier alpha value is -4.46. The number of likely N-dealkylation sites (tertiary alicyclic amines) is 1. The number of rotatable bonds is 6. The molecule has 1 saturated carbocycles. The third-order valence-electron chi connectivity index (χ3n) is 8.79. The Balaban J connectivity index is 1.27. The van der Waals surface area contributed by atoms with Gasteiger partial charge < -0.3 is 9.67 Å². The molecule has 42 heavy (non-hydrogen) atoms. The van der Waals surface area contributed by atoms with E-state index in [1.807, 2.05) is 32.2 Å².